The van der Waals surface area contributed by atoms with Crippen molar-refractivity contribution in [2.75, 3.05) is 18.5 Å². The van der Waals surface area contributed by atoms with Crippen LogP contribution in [0.5, 0.6) is 11.5 Å². The lowest BCUT2D eigenvalue weighted by Crippen LogP contribution is -2.31. The van der Waals surface area contributed by atoms with Gasteiger partial charge >= 0.3 is 0 Å². The van der Waals surface area contributed by atoms with Crippen LogP contribution in [0.3, 0.4) is 0 Å². The van der Waals surface area contributed by atoms with Crippen LogP contribution in [0.25, 0.3) is 16.7 Å². The molecule has 0 bridgehead atoms. The molecule has 3 N–H and O–H groups in total. The van der Waals surface area contributed by atoms with Gasteiger partial charge in [-0.05, 0) is 31.2 Å². The molecule has 2 aromatic heterocycles. The number of aromatic nitrogens is 4. The molecule has 9 nitrogen and oxygen atoms in total. The average molecular weight is 468 g/mol. The number of fused-ring (bicyclic) bond motifs is 4. The van der Waals surface area contributed by atoms with Crippen LogP contribution in [0.4, 0.5) is 10.3 Å². The molecule has 2 aliphatic rings. The van der Waals surface area contributed by atoms with Gasteiger partial charge in [0.25, 0.3) is 0 Å². The SMILES string of the molecule is Cc1nn(-c2ccc(F)cc2)c(Cl)c1C1N=C(N)Nc2nc3cc4c(cc3n21)OCCCO4. The number of rotatable bonds is 2. The summed E-state index contributed by atoms with van der Waals surface area (Å²) >= 11 is 6.80. The minimum Gasteiger partial charge on any atom is -0.489 e. The van der Waals surface area contributed by atoms with E-state index in [0.29, 0.717) is 58.3 Å². The first-order valence-corrected chi connectivity index (χ1v) is 10.8. The number of nitrogens with one attached hydrogen (secondary N) is 1. The molecular weight excluding hydrogens is 449 g/mol. The molecule has 2 aliphatic heterocycles. The van der Waals surface area contributed by atoms with E-state index >= 15 is 0 Å². The topological polar surface area (TPSA) is 105 Å². The van der Waals surface area contributed by atoms with Crippen LogP contribution in [0.15, 0.2) is 41.4 Å². The van der Waals surface area contributed by atoms with Crippen molar-refractivity contribution in [2.24, 2.45) is 10.7 Å². The molecule has 33 heavy (non-hydrogen) atoms. The number of aliphatic imine (C=N–C) groups is 1. The number of hydrogen-bond donors (Lipinski definition) is 2. The third-order valence-electron chi connectivity index (χ3n) is 5.68. The molecule has 168 valence electrons. The summed E-state index contributed by atoms with van der Waals surface area (Å²) in [5, 5.41) is 7.96. The predicted molar refractivity (Wildman–Crippen MR) is 122 cm³/mol. The Hall–Kier alpha value is -3.79. The quantitative estimate of drug-likeness (QED) is 0.465. The van der Waals surface area contributed by atoms with Gasteiger partial charge in [0.15, 0.2) is 23.6 Å². The molecule has 0 saturated heterocycles. The number of halogens is 2. The number of imidazole rings is 1. The highest BCUT2D eigenvalue weighted by molar-refractivity contribution is 6.30. The van der Waals surface area contributed by atoms with Gasteiger partial charge in [0.05, 0.1) is 41.2 Å². The minimum absolute atomic E-state index is 0.210. The van der Waals surface area contributed by atoms with Gasteiger partial charge in [-0.3, -0.25) is 9.88 Å². The molecule has 11 heteroatoms. The molecule has 4 heterocycles. The van der Waals surface area contributed by atoms with Crippen LogP contribution >= 0.6 is 11.6 Å². The Kier molecular flexibility index (Phi) is 4.44. The number of guanidine groups is 1. The van der Waals surface area contributed by atoms with Gasteiger partial charge in [0.2, 0.25) is 5.95 Å². The second-order valence-electron chi connectivity index (χ2n) is 7.83. The molecule has 1 unspecified atom stereocenters. The number of nitrogens with two attached hydrogens (primary N) is 1. The van der Waals surface area contributed by atoms with E-state index < -0.39 is 6.17 Å². The van der Waals surface area contributed by atoms with Crippen molar-refractivity contribution in [3.05, 3.63) is 58.6 Å². The standard InChI is InChI=1S/C22H19ClFN7O2/c1-11-18(19(23)31(29-11)13-5-3-12(24)4-6-13)20-27-21(25)28-22-26-14-9-16-17(10-15(14)30(20)22)33-8-2-7-32-16/h3-6,9-10,20H,2,7-8H2,1H3,(H3,25,26,27,28). The van der Waals surface area contributed by atoms with Crippen molar-refractivity contribution in [3.63, 3.8) is 0 Å². The highest BCUT2D eigenvalue weighted by atomic mass is 35.5. The van der Waals surface area contributed by atoms with Crippen molar-refractivity contribution < 1.29 is 13.9 Å². The highest BCUT2D eigenvalue weighted by Crippen LogP contribution is 2.41. The molecule has 1 atom stereocenters. The average Bonchev–Trinajstić information content (AvgIpc) is 3.17. The third-order valence-corrected chi connectivity index (χ3v) is 6.05. The molecule has 4 aromatic rings. The lowest BCUT2D eigenvalue weighted by molar-refractivity contribution is 0.297. The van der Waals surface area contributed by atoms with Gasteiger partial charge in [0.1, 0.15) is 11.0 Å². The Morgan fingerprint density at radius 3 is 2.64 bits per heavy atom. The van der Waals surface area contributed by atoms with E-state index in [1.807, 2.05) is 23.6 Å². The second-order valence-corrected chi connectivity index (χ2v) is 8.19. The van der Waals surface area contributed by atoms with Crippen LogP contribution in [-0.2, 0) is 0 Å². The van der Waals surface area contributed by atoms with Crippen LogP contribution in [-0.4, -0.2) is 38.5 Å². The Labute approximate surface area is 192 Å². The van der Waals surface area contributed by atoms with Crippen LogP contribution in [0.1, 0.15) is 23.8 Å². The first-order valence-electron chi connectivity index (χ1n) is 10.4. The number of hydrogen-bond acceptors (Lipinski definition) is 7. The normalized spacial score (nSPS) is 17.3. The van der Waals surface area contributed by atoms with E-state index in [9.17, 15) is 4.39 Å². The highest BCUT2D eigenvalue weighted by Gasteiger charge is 2.31. The largest absolute Gasteiger partial charge is 0.489 e. The van der Waals surface area contributed by atoms with Crippen molar-refractivity contribution in [1.82, 2.24) is 19.3 Å². The Balaban J connectivity index is 1.53. The zero-order valence-corrected chi connectivity index (χ0v) is 18.3. The molecule has 0 spiro atoms. The van der Waals surface area contributed by atoms with Gasteiger partial charge in [-0.2, -0.15) is 5.10 Å². The zero-order valence-electron chi connectivity index (χ0n) is 17.5. The first kappa shape index (κ1) is 19.9. The van der Waals surface area contributed by atoms with Gasteiger partial charge in [-0.25, -0.2) is 19.0 Å². The van der Waals surface area contributed by atoms with Crippen molar-refractivity contribution in [2.45, 2.75) is 19.5 Å². The van der Waals surface area contributed by atoms with Gasteiger partial charge in [0, 0.05) is 18.6 Å². The maximum absolute atomic E-state index is 13.4. The lowest BCUT2D eigenvalue weighted by atomic mass is 10.2. The number of nitrogens with zero attached hydrogens (tertiary/aromatic N) is 5. The minimum atomic E-state index is -0.613. The van der Waals surface area contributed by atoms with Gasteiger partial charge in [-0.15, -0.1) is 0 Å². The summed E-state index contributed by atoms with van der Waals surface area (Å²) in [6, 6.07) is 9.69. The summed E-state index contributed by atoms with van der Waals surface area (Å²) < 4.78 is 28.6. The fourth-order valence-electron chi connectivity index (χ4n) is 4.18. The van der Waals surface area contributed by atoms with Crippen LogP contribution in [0, 0.1) is 12.7 Å². The molecule has 0 saturated carbocycles. The number of anilines is 1. The van der Waals surface area contributed by atoms with E-state index in [-0.39, 0.29) is 11.8 Å². The first-order chi connectivity index (χ1) is 16.0. The second kappa shape index (κ2) is 7.38. The van der Waals surface area contributed by atoms with Crippen molar-refractivity contribution >= 4 is 34.5 Å². The van der Waals surface area contributed by atoms with E-state index in [1.165, 1.54) is 12.1 Å². The summed E-state index contributed by atoms with van der Waals surface area (Å²) in [7, 11) is 0. The summed E-state index contributed by atoms with van der Waals surface area (Å²) in [6.07, 6.45) is 0.192. The molecular formula is C22H19ClFN7O2. The lowest BCUT2D eigenvalue weighted by Gasteiger charge is -2.23. The van der Waals surface area contributed by atoms with Crippen LogP contribution < -0.4 is 20.5 Å². The fraction of sp³-hybridized carbons (Fsp3) is 0.227. The Morgan fingerprint density at radius 2 is 1.88 bits per heavy atom. The Morgan fingerprint density at radius 1 is 1.15 bits per heavy atom. The van der Waals surface area contributed by atoms with E-state index in [1.54, 1.807) is 16.8 Å². The number of ether oxygens (including phenoxy) is 2. The van der Waals surface area contributed by atoms with Gasteiger partial charge < -0.3 is 15.2 Å². The van der Waals surface area contributed by atoms with Crippen LogP contribution in [0.2, 0.25) is 5.15 Å². The monoisotopic (exact) mass is 467 g/mol. The maximum atomic E-state index is 13.4. The van der Waals surface area contributed by atoms with Gasteiger partial charge in [-0.1, -0.05) is 11.6 Å². The summed E-state index contributed by atoms with van der Waals surface area (Å²) in [5.41, 5.74) is 9.55. The maximum Gasteiger partial charge on any atom is 0.212 e. The zero-order chi connectivity index (χ0) is 22.7. The summed E-state index contributed by atoms with van der Waals surface area (Å²) in [4.78, 5) is 9.32. The summed E-state index contributed by atoms with van der Waals surface area (Å²) in [5.74, 6) is 1.69. The van der Waals surface area contributed by atoms with Crippen molar-refractivity contribution in [1.29, 1.82) is 0 Å². The molecule has 2 aromatic carbocycles. The van der Waals surface area contributed by atoms with Crippen molar-refractivity contribution in [3.8, 4) is 17.2 Å². The predicted octanol–water partition coefficient (Wildman–Crippen LogP) is 3.77. The number of aryl methyl sites for hydroxylation is 1. The van der Waals surface area contributed by atoms with E-state index in [4.69, 9.17) is 31.8 Å². The molecule has 0 amide bonds. The third kappa shape index (κ3) is 3.17. The Bertz CT molecular complexity index is 1430. The molecule has 6 rings (SSSR count). The van der Waals surface area contributed by atoms with E-state index in [0.717, 1.165) is 11.9 Å². The smallest absolute Gasteiger partial charge is 0.212 e. The summed E-state index contributed by atoms with van der Waals surface area (Å²) in [6.45, 7) is 3.00. The molecule has 0 radical (unpaired) electrons. The molecule has 0 fully saturated rings. The fourth-order valence-corrected chi connectivity index (χ4v) is 4.55. The molecule has 0 aliphatic carbocycles. The number of benzene rings is 2. The van der Waals surface area contributed by atoms with E-state index in [2.05, 4.69) is 15.4 Å².